The van der Waals surface area contributed by atoms with Crippen LogP contribution in [0.5, 0.6) is 0 Å². The van der Waals surface area contributed by atoms with Gasteiger partial charge in [0.2, 0.25) is 0 Å². The highest BCUT2D eigenvalue weighted by molar-refractivity contribution is 6.05. The number of hydrogen-bond acceptors (Lipinski definition) is 5. The summed E-state index contributed by atoms with van der Waals surface area (Å²) in [5, 5.41) is 14.1. The zero-order valence-electron chi connectivity index (χ0n) is 8.54. The highest BCUT2D eigenvalue weighted by atomic mass is 16.3. The number of primary amides is 1. The lowest BCUT2D eigenvalue weighted by molar-refractivity contribution is 0.100. The molecule has 2 heterocycles. The molecule has 1 aromatic carbocycles. The van der Waals surface area contributed by atoms with Crippen LogP contribution in [0, 0.1) is 0 Å². The van der Waals surface area contributed by atoms with Gasteiger partial charge in [0.1, 0.15) is 11.8 Å². The van der Waals surface area contributed by atoms with Crippen LogP contribution in [0.25, 0.3) is 22.4 Å². The minimum Gasteiger partial charge on any atom is -0.463 e. The van der Waals surface area contributed by atoms with Crippen molar-refractivity contribution in [3.63, 3.8) is 0 Å². The summed E-state index contributed by atoms with van der Waals surface area (Å²) >= 11 is 0. The third-order valence-corrected chi connectivity index (χ3v) is 2.46. The molecule has 0 spiro atoms. The van der Waals surface area contributed by atoms with Crippen LogP contribution in [0.2, 0.25) is 0 Å². The largest absolute Gasteiger partial charge is 0.463 e. The molecule has 3 N–H and O–H groups in total. The second-order valence-electron chi connectivity index (χ2n) is 3.47. The molecule has 3 rings (SSSR count). The van der Waals surface area contributed by atoms with Gasteiger partial charge in [-0.15, -0.1) is 5.10 Å². The number of hydrogen-bond donors (Lipinski definition) is 2. The maximum Gasteiger partial charge on any atom is 0.252 e. The Bertz CT molecular complexity index is 686. The molecule has 2 aromatic heterocycles. The SMILES string of the molecule is NC(=O)c1coc2cc(-c3nnn[nH]3)ccc12. The maximum atomic E-state index is 11.1. The van der Waals surface area contributed by atoms with Crippen molar-refractivity contribution < 1.29 is 9.21 Å². The first-order valence-corrected chi connectivity index (χ1v) is 4.81. The lowest BCUT2D eigenvalue weighted by atomic mass is 10.1. The standard InChI is InChI=1S/C10H7N5O2/c11-9(16)7-4-17-8-3-5(1-2-6(7)8)10-12-14-15-13-10/h1-4H,(H2,11,16)(H,12,13,14,15). The van der Waals surface area contributed by atoms with Gasteiger partial charge in [-0.05, 0) is 22.6 Å². The Morgan fingerprint density at radius 3 is 3.00 bits per heavy atom. The van der Waals surface area contributed by atoms with Crippen molar-refractivity contribution >= 4 is 16.9 Å². The first kappa shape index (κ1) is 9.52. The number of fused-ring (bicyclic) bond motifs is 1. The van der Waals surface area contributed by atoms with Gasteiger partial charge in [-0.25, -0.2) is 5.10 Å². The molecular formula is C10H7N5O2. The van der Waals surface area contributed by atoms with E-state index in [0.717, 1.165) is 5.56 Å². The third-order valence-electron chi connectivity index (χ3n) is 2.46. The number of rotatable bonds is 2. The Balaban J connectivity index is 2.18. The number of H-pyrrole nitrogens is 1. The summed E-state index contributed by atoms with van der Waals surface area (Å²) in [6, 6.07) is 5.27. The first-order chi connectivity index (χ1) is 8.25. The van der Waals surface area contributed by atoms with Crippen molar-refractivity contribution in [2.45, 2.75) is 0 Å². The van der Waals surface area contributed by atoms with E-state index in [4.69, 9.17) is 10.2 Å². The maximum absolute atomic E-state index is 11.1. The zero-order valence-corrected chi connectivity index (χ0v) is 8.54. The summed E-state index contributed by atoms with van der Waals surface area (Å²) in [4.78, 5) is 11.1. The van der Waals surface area contributed by atoms with Gasteiger partial charge >= 0.3 is 0 Å². The molecule has 1 amide bonds. The fraction of sp³-hybridized carbons (Fsp3) is 0. The van der Waals surface area contributed by atoms with E-state index in [1.807, 2.05) is 0 Å². The first-order valence-electron chi connectivity index (χ1n) is 4.81. The number of aromatic amines is 1. The summed E-state index contributed by atoms with van der Waals surface area (Å²) < 4.78 is 5.27. The minimum atomic E-state index is -0.516. The number of carbonyl (C=O) groups excluding carboxylic acids is 1. The van der Waals surface area contributed by atoms with Crippen molar-refractivity contribution in [2.24, 2.45) is 5.73 Å². The Kier molecular flexibility index (Phi) is 1.91. The average molecular weight is 229 g/mol. The monoisotopic (exact) mass is 229 g/mol. The van der Waals surface area contributed by atoms with E-state index in [9.17, 15) is 4.79 Å². The van der Waals surface area contributed by atoms with Gasteiger partial charge in [0.25, 0.3) is 5.91 Å². The van der Waals surface area contributed by atoms with Crippen molar-refractivity contribution in [1.29, 1.82) is 0 Å². The molecule has 0 aliphatic carbocycles. The van der Waals surface area contributed by atoms with Crippen molar-refractivity contribution in [2.75, 3.05) is 0 Å². The number of aromatic nitrogens is 4. The van der Waals surface area contributed by atoms with E-state index >= 15 is 0 Å². The summed E-state index contributed by atoms with van der Waals surface area (Å²) in [6.45, 7) is 0. The molecule has 0 radical (unpaired) electrons. The van der Waals surface area contributed by atoms with Gasteiger partial charge in [0.05, 0.1) is 5.56 Å². The molecule has 0 aliphatic heterocycles. The fourth-order valence-corrected chi connectivity index (χ4v) is 1.65. The molecule has 0 unspecified atom stereocenters. The molecule has 84 valence electrons. The highest BCUT2D eigenvalue weighted by Gasteiger charge is 2.12. The second-order valence-corrected chi connectivity index (χ2v) is 3.47. The van der Waals surface area contributed by atoms with Crippen LogP contribution in [0.1, 0.15) is 10.4 Å². The quantitative estimate of drug-likeness (QED) is 0.672. The molecule has 0 bridgehead atoms. The van der Waals surface area contributed by atoms with Crippen molar-refractivity contribution in [3.05, 3.63) is 30.0 Å². The summed E-state index contributed by atoms with van der Waals surface area (Å²) in [5.41, 5.74) is 6.92. The van der Waals surface area contributed by atoms with Crippen LogP contribution < -0.4 is 5.73 Å². The number of furan rings is 1. The van der Waals surface area contributed by atoms with Gasteiger partial charge in [0, 0.05) is 10.9 Å². The Morgan fingerprint density at radius 1 is 1.41 bits per heavy atom. The van der Waals surface area contributed by atoms with Crippen LogP contribution in [-0.4, -0.2) is 26.5 Å². The smallest absolute Gasteiger partial charge is 0.252 e. The van der Waals surface area contributed by atoms with Crippen molar-refractivity contribution in [3.8, 4) is 11.4 Å². The summed E-state index contributed by atoms with van der Waals surface area (Å²) in [7, 11) is 0. The number of benzene rings is 1. The normalized spacial score (nSPS) is 10.8. The number of nitrogens with zero attached hydrogens (tertiary/aromatic N) is 3. The van der Waals surface area contributed by atoms with Gasteiger partial charge < -0.3 is 10.2 Å². The van der Waals surface area contributed by atoms with E-state index in [1.54, 1.807) is 18.2 Å². The van der Waals surface area contributed by atoms with E-state index in [1.165, 1.54) is 6.26 Å². The number of nitrogens with two attached hydrogens (primary N) is 1. The number of tetrazole rings is 1. The predicted molar refractivity (Wildman–Crippen MR) is 57.9 cm³/mol. The van der Waals surface area contributed by atoms with E-state index in [2.05, 4.69) is 20.6 Å². The van der Waals surface area contributed by atoms with Gasteiger partial charge in [-0.2, -0.15) is 0 Å². The molecule has 0 saturated carbocycles. The van der Waals surface area contributed by atoms with Gasteiger partial charge in [-0.3, -0.25) is 4.79 Å². The molecule has 0 saturated heterocycles. The van der Waals surface area contributed by atoms with E-state index in [0.29, 0.717) is 22.4 Å². The Hall–Kier alpha value is -2.70. The minimum absolute atomic E-state index is 0.363. The number of carbonyl (C=O) groups is 1. The zero-order chi connectivity index (χ0) is 11.8. The third kappa shape index (κ3) is 1.44. The second kappa shape index (κ2) is 3.41. The molecule has 0 aliphatic rings. The van der Waals surface area contributed by atoms with Crippen LogP contribution in [0.15, 0.2) is 28.9 Å². The molecule has 3 aromatic rings. The van der Waals surface area contributed by atoms with Crippen molar-refractivity contribution in [1.82, 2.24) is 20.6 Å². The van der Waals surface area contributed by atoms with Crippen LogP contribution in [-0.2, 0) is 0 Å². The lowest BCUT2D eigenvalue weighted by Gasteiger charge is -1.95. The van der Waals surface area contributed by atoms with Crippen LogP contribution in [0.3, 0.4) is 0 Å². The summed E-state index contributed by atoms with van der Waals surface area (Å²) in [6.07, 6.45) is 1.34. The van der Waals surface area contributed by atoms with Crippen LogP contribution >= 0.6 is 0 Å². The van der Waals surface area contributed by atoms with E-state index < -0.39 is 5.91 Å². The lowest BCUT2D eigenvalue weighted by Crippen LogP contribution is -2.09. The molecule has 7 heteroatoms. The topological polar surface area (TPSA) is 111 Å². The van der Waals surface area contributed by atoms with Gasteiger partial charge in [-0.1, -0.05) is 6.07 Å². The van der Waals surface area contributed by atoms with Gasteiger partial charge in [0.15, 0.2) is 5.82 Å². The molecule has 17 heavy (non-hydrogen) atoms. The predicted octanol–water partition coefficient (Wildman–Crippen LogP) is 0.712. The number of nitrogens with one attached hydrogen (secondary N) is 1. The molecule has 7 nitrogen and oxygen atoms in total. The highest BCUT2D eigenvalue weighted by Crippen LogP contribution is 2.25. The number of amides is 1. The fourth-order valence-electron chi connectivity index (χ4n) is 1.65. The van der Waals surface area contributed by atoms with E-state index in [-0.39, 0.29) is 0 Å². The molecule has 0 atom stereocenters. The molecular weight excluding hydrogens is 222 g/mol. The molecule has 0 fully saturated rings. The Labute approximate surface area is 94.6 Å². The average Bonchev–Trinajstić information content (AvgIpc) is 2.97. The van der Waals surface area contributed by atoms with Crippen LogP contribution in [0.4, 0.5) is 0 Å². The summed E-state index contributed by atoms with van der Waals surface area (Å²) in [5.74, 6) is 0.0155. The Morgan fingerprint density at radius 2 is 2.29 bits per heavy atom.